The molecule has 8 nitrogen and oxygen atoms in total. The van der Waals surface area contributed by atoms with Gasteiger partial charge in [-0.15, -0.1) is 0 Å². The summed E-state index contributed by atoms with van der Waals surface area (Å²) < 4.78 is 15.6. The van der Waals surface area contributed by atoms with Crippen LogP contribution in [-0.2, 0) is 20.1 Å². The second-order valence-corrected chi connectivity index (χ2v) is 7.46. The first kappa shape index (κ1) is 22.1. The molecule has 2 aromatic heterocycles. The molecule has 4 aromatic rings. The number of hydrogen-bond donors (Lipinski definition) is 0. The quantitative estimate of drug-likeness (QED) is 0.430. The van der Waals surface area contributed by atoms with E-state index in [1.165, 1.54) is 9.13 Å². The van der Waals surface area contributed by atoms with Gasteiger partial charge in [0.2, 0.25) is 0 Å². The van der Waals surface area contributed by atoms with Gasteiger partial charge in [-0.25, -0.2) is 9.78 Å². The van der Waals surface area contributed by atoms with Gasteiger partial charge in [-0.2, -0.15) is 0 Å². The number of methoxy groups -OCH3 is 1. The zero-order valence-electron chi connectivity index (χ0n) is 19.1. The van der Waals surface area contributed by atoms with Gasteiger partial charge in [-0.1, -0.05) is 18.2 Å². The zero-order valence-corrected chi connectivity index (χ0v) is 19.1. The first-order valence-electron chi connectivity index (χ1n) is 10.8. The van der Waals surface area contributed by atoms with Crippen molar-refractivity contribution in [2.24, 2.45) is 7.05 Å². The number of nitrogens with zero attached hydrogens (tertiary/aromatic N) is 4. The minimum Gasteiger partial charge on any atom is -0.497 e. The zero-order chi connectivity index (χ0) is 23.5. The van der Waals surface area contributed by atoms with E-state index in [1.807, 2.05) is 67.6 Å². The average molecular weight is 447 g/mol. The molecule has 0 aliphatic rings. The minimum atomic E-state index is -0.338. The number of benzene rings is 2. The van der Waals surface area contributed by atoms with Crippen LogP contribution < -0.4 is 20.7 Å². The van der Waals surface area contributed by atoms with E-state index < -0.39 is 0 Å². The number of aromatic nitrogens is 4. The summed E-state index contributed by atoms with van der Waals surface area (Å²) in [6.45, 7) is 4.39. The van der Waals surface area contributed by atoms with Gasteiger partial charge in [0.05, 0.1) is 7.11 Å². The lowest BCUT2D eigenvalue weighted by molar-refractivity contribution is 0.413. The van der Waals surface area contributed by atoms with Gasteiger partial charge in [0.15, 0.2) is 11.2 Å². The van der Waals surface area contributed by atoms with Crippen LogP contribution in [0.1, 0.15) is 25.2 Å². The van der Waals surface area contributed by atoms with Crippen molar-refractivity contribution in [1.29, 1.82) is 0 Å². The lowest BCUT2D eigenvalue weighted by Gasteiger charge is -2.08. The van der Waals surface area contributed by atoms with Crippen LogP contribution in [-0.4, -0.2) is 25.8 Å². The van der Waals surface area contributed by atoms with E-state index >= 15 is 0 Å². The highest BCUT2D eigenvalue weighted by molar-refractivity contribution is 5.76. The fourth-order valence-corrected chi connectivity index (χ4v) is 3.72. The molecular weight excluding hydrogens is 420 g/mol. The monoisotopic (exact) mass is 446 g/mol. The summed E-state index contributed by atoms with van der Waals surface area (Å²) in [6.07, 6.45) is 3.72. The van der Waals surface area contributed by atoms with E-state index in [2.05, 4.69) is 4.98 Å². The number of imidazole rings is 1. The van der Waals surface area contributed by atoms with Crippen LogP contribution in [0.15, 0.2) is 58.1 Å². The third kappa shape index (κ3) is 4.19. The molecule has 0 spiro atoms. The Kier molecular flexibility index (Phi) is 6.17. The number of hydrogen-bond acceptors (Lipinski definition) is 5. The summed E-state index contributed by atoms with van der Waals surface area (Å²) in [5.74, 6) is 2.75. The standard InChI is InChI=1S/C25H26N4O4/c1-5-28-23-22(24(30)29(6-2)25(28)31)27(3)21(26-23)15-10-17-8-7-9-20(16-17)33-19-13-11-18(32-4)12-14-19/h7-16H,5-6H2,1-4H3/b15-10+. The van der Waals surface area contributed by atoms with Crippen molar-refractivity contribution in [3.63, 3.8) is 0 Å². The van der Waals surface area contributed by atoms with Crippen LogP contribution in [0.5, 0.6) is 17.2 Å². The molecule has 0 fully saturated rings. The summed E-state index contributed by atoms with van der Waals surface area (Å²) in [5.41, 5.74) is 1.05. The highest BCUT2D eigenvalue weighted by Crippen LogP contribution is 2.25. The van der Waals surface area contributed by atoms with Crippen LogP contribution in [0.25, 0.3) is 23.3 Å². The molecule has 0 radical (unpaired) electrons. The van der Waals surface area contributed by atoms with Gasteiger partial charge in [0.1, 0.15) is 23.1 Å². The normalized spacial score (nSPS) is 11.4. The Morgan fingerprint density at radius 3 is 2.27 bits per heavy atom. The smallest absolute Gasteiger partial charge is 0.332 e. The van der Waals surface area contributed by atoms with E-state index in [-0.39, 0.29) is 11.2 Å². The number of aryl methyl sites for hydroxylation is 2. The summed E-state index contributed by atoms with van der Waals surface area (Å²) in [5, 5.41) is 0. The fraction of sp³-hybridized carbons (Fsp3) is 0.240. The van der Waals surface area contributed by atoms with Crippen molar-refractivity contribution in [3.05, 3.63) is 80.8 Å². The van der Waals surface area contributed by atoms with E-state index in [4.69, 9.17) is 9.47 Å². The summed E-state index contributed by atoms with van der Waals surface area (Å²) in [6, 6.07) is 15.0. The van der Waals surface area contributed by atoms with Gasteiger partial charge in [-0.3, -0.25) is 13.9 Å². The van der Waals surface area contributed by atoms with Crippen LogP contribution in [0.4, 0.5) is 0 Å². The topological polar surface area (TPSA) is 80.3 Å². The molecule has 0 aliphatic carbocycles. The second kappa shape index (κ2) is 9.20. The van der Waals surface area contributed by atoms with E-state index in [0.29, 0.717) is 41.6 Å². The largest absolute Gasteiger partial charge is 0.497 e. The van der Waals surface area contributed by atoms with Crippen LogP contribution in [0.3, 0.4) is 0 Å². The summed E-state index contributed by atoms with van der Waals surface area (Å²) >= 11 is 0. The number of fused-ring (bicyclic) bond motifs is 1. The van der Waals surface area contributed by atoms with Gasteiger partial charge >= 0.3 is 5.69 Å². The Morgan fingerprint density at radius 2 is 1.61 bits per heavy atom. The number of ether oxygens (including phenoxy) is 2. The van der Waals surface area contributed by atoms with Gasteiger partial charge in [0.25, 0.3) is 5.56 Å². The Labute approximate surface area is 191 Å². The molecule has 0 atom stereocenters. The van der Waals surface area contributed by atoms with Crippen molar-refractivity contribution in [1.82, 2.24) is 18.7 Å². The van der Waals surface area contributed by atoms with Crippen molar-refractivity contribution >= 4 is 23.3 Å². The molecule has 170 valence electrons. The highest BCUT2D eigenvalue weighted by atomic mass is 16.5. The van der Waals surface area contributed by atoms with Gasteiger partial charge in [-0.05, 0) is 61.9 Å². The van der Waals surface area contributed by atoms with Gasteiger partial charge < -0.3 is 14.0 Å². The van der Waals surface area contributed by atoms with Crippen LogP contribution >= 0.6 is 0 Å². The second-order valence-electron chi connectivity index (χ2n) is 7.46. The Balaban J connectivity index is 1.66. The van der Waals surface area contributed by atoms with Crippen molar-refractivity contribution in [2.45, 2.75) is 26.9 Å². The summed E-state index contributed by atoms with van der Waals surface area (Å²) in [4.78, 5) is 30.1. The molecule has 0 N–H and O–H groups in total. The molecule has 2 aromatic carbocycles. The third-order valence-electron chi connectivity index (χ3n) is 5.49. The maximum Gasteiger partial charge on any atom is 0.332 e. The molecule has 0 amide bonds. The molecule has 0 saturated carbocycles. The lowest BCUT2D eigenvalue weighted by Crippen LogP contribution is -2.39. The molecule has 0 bridgehead atoms. The van der Waals surface area contributed by atoms with Crippen LogP contribution in [0, 0.1) is 0 Å². The lowest BCUT2D eigenvalue weighted by atomic mass is 10.2. The maximum absolute atomic E-state index is 12.9. The van der Waals surface area contributed by atoms with Crippen LogP contribution in [0.2, 0.25) is 0 Å². The predicted molar refractivity (Wildman–Crippen MR) is 129 cm³/mol. The van der Waals surface area contributed by atoms with E-state index in [1.54, 1.807) is 25.6 Å². The molecular formula is C25H26N4O4. The van der Waals surface area contributed by atoms with E-state index in [9.17, 15) is 9.59 Å². The maximum atomic E-state index is 12.9. The van der Waals surface area contributed by atoms with E-state index in [0.717, 1.165) is 11.3 Å². The Bertz CT molecular complexity index is 1440. The molecule has 2 heterocycles. The average Bonchev–Trinajstić information content (AvgIpc) is 3.15. The highest BCUT2D eigenvalue weighted by Gasteiger charge is 2.17. The van der Waals surface area contributed by atoms with Crippen molar-refractivity contribution < 1.29 is 9.47 Å². The SMILES string of the molecule is CCn1c(=O)c2c(nc(/C=C/c3cccc(Oc4ccc(OC)cc4)c3)n2C)n(CC)c1=O. The third-order valence-corrected chi connectivity index (χ3v) is 5.49. The van der Waals surface area contributed by atoms with Gasteiger partial charge in [0, 0.05) is 20.1 Å². The summed E-state index contributed by atoms with van der Waals surface area (Å²) in [7, 11) is 3.40. The number of rotatable bonds is 7. The molecule has 0 saturated heterocycles. The molecule has 4 rings (SSSR count). The Morgan fingerprint density at radius 1 is 0.909 bits per heavy atom. The van der Waals surface area contributed by atoms with Crippen molar-refractivity contribution in [3.8, 4) is 17.2 Å². The minimum absolute atomic E-state index is 0.310. The fourth-order valence-electron chi connectivity index (χ4n) is 3.72. The first-order chi connectivity index (χ1) is 16.0. The molecule has 0 unspecified atom stereocenters. The predicted octanol–water partition coefficient (Wildman–Crippen LogP) is 3.91. The molecule has 0 aliphatic heterocycles. The van der Waals surface area contributed by atoms with Crippen molar-refractivity contribution in [2.75, 3.05) is 7.11 Å². The molecule has 33 heavy (non-hydrogen) atoms. The molecule has 8 heteroatoms. The first-order valence-corrected chi connectivity index (χ1v) is 10.8. The Hall–Kier alpha value is -4.07.